The normalized spacial score (nSPS) is 15.6. The molecule has 1 aliphatic heterocycles. The van der Waals surface area contributed by atoms with Crippen LogP contribution in [0.3, 0.4) is 0 Å². The molecule has 0 saturated carbocycles. The second-order valence-corrected chi connectivity index (χ2v) is 6.43. The van der Waals surface area contributed by atoms with Crippen LogP contribution in [-0.4, -0.2) is 33.9 Å². The molecular formula is C19H16F3N3O. The largest absolute Gasteiger partial charge is 0.360 e. The molecule has 134 valence electrons. The van der Waals surface area contributed by atoms with Crippen molar-refractivity contribution in [3.05, 3.63) is 65.2 Å². The molecule has 4 nitrogen and oxygen atoms in total. The SMILES string of the molecule is O=C(c1ccc(F)c(F)c1F)N1CCC(c2c[nH]c3cccnc23)CC1. The number of halogens is 3. The fraction of sp³-hybridized carbons (Fsp3) is 0.263. The number of amides is 1. The Bertz CT molecular complexity index is 977. The van der Waals surface area contributed by atoms with E-state index in [1.165, 1.54) is 4.90 Å². The molecule has 26 heavy (non-hydrogen) atoms. The van der Waals surface area contributed by atoms with E-state index in [4.69, 9.17) is 0 Å². The lowest BCUT2D eigenvalue weighted by atomic mass is 9.90. The first-order valence-electron chi connectivity index (χ1n) is 8.41. The van der Waals surface area contributed by atoms with Crippen LogP contribution in [-0.2, 0) is 0 Å². The summed E-state index contributed by atoms with van der Waals surface area (Å²) in [7, 11) is 0. The molecule has 0 radical (unpaired) electrons. The predicted molar refractivity (Wildman–Crippen MR) is 90.3 cm³/mol. The van der Waals surface area contributed by atoms with E-state index in [-0.39, 0.29) is 5.92 Å². The Kier molecular flexibility index (Phi) is 4.14. The van der Waals surface area contributed by atoms with Gasteiger partial charge in [0, 0.05) is 25.5 Å². The lowest BCUT2D eigenvalue weighted by Crippen LogP contribution is -2.38. The Balaban J connectivity index is 1.50. The zero-order valence-corrected chi connectivity index (χ0v) is 13.8. The lowest BCUT2D eigenvalue weighted by Gasteiger charge is -2.32. The third-order valence-corrected chi connectivity index (χ3v) is 4.95. The van der Waals surface area contributed by atoms with Crippen molar-refractivity contribution in [1.82, 2.24) is 14.9 Å². The van der Waals surface area contributed by atoms with Crippen molar-refractivity contribution in [3.8, 4) is 0 Å². The molecule has 7 heteroatoms. The molecule has 3 heterocycles. The Labute approximate surface area is 147 Å². The van der Waals surface area contributed by atoms with E-state index < -0.39 is 28.9 Å². The number of piperidine rings is 1. The topological polar surface area (TPSA) is 49.0 Å². The average molecular weight is 359 g/mol. The van der Waals surface area contributed by atoms with Gasteiger partial charge in [0.05, 0.1) is 16.6 Å². The molecule has 1 amide bonds. The van der Waals surface area contributed by atoms with Crippen LogP contribution in [0.1, 0.15) is 34.7 Å². The maximum atomic E-state index is 13.9. The Morgan fingerprint density at radius 1 is 1.12 bits per heavy atom. The minimum Gasteiger partial charge on any atom is -0.360 e. The number of fused-ring (bicyclic) bond motifs is 1. The molecule has 4 rings (SSSR count). The first kappa shape index (κ1) is 16.6. The Morgan fingerprint density at radius 2 is 1.88 bits per heavy atom. The van der Waals surface area contributed by atoms with Gasteiger partial charge in [0.2, 0.25) is 0 Å². The van der Waals surface area contributed by atoms with Crippen LogP contribution in [0.5, 0.6) is 0 Å². The zero-order chi connectivity index (χ0) is 18.3. The quantitative estimate of drug-likeness (QED) is 0.703. The molecule has 3 aromatic rings. The van der Waals surface area contributed by atoms with Gasteiger partial charge in [-0.25, -0.2) is 13.2 Å². The van der Waals surface area contributed by atoms with Crippen molar-refractivity contribution in [3.63, 3.8) is 0 Å². The Morgan fingerprint density at radius 3 is 2.65 bits per heavy atom. The number of benzene rings is 1. The van der Waals surface area contributed by atoms with Gasteiger partial charge >= 0.3 is 0 Å². The van der Waals surface area contributed by atoms with Crippen molar-refractivity contribution in [2.75, 3.05) is 13.1 Å². The zero-order valence-electron chi connectivity index (χ0n) is 13.8. The number of carbonyl (C=O) groups is 1. The summed E-state index contributed by atoms with van der Waals surface area (Å²) >= 11 is 0. The van der Waals surface area contributed by atoms with Gasteiger partial charge in [-0.2, -0.15) is 0 Å². The van der Waals surface area contributed by atoms with Crippen LogP contribution in [0, 0.1) is 17.5 Å². The van der Waals surface area contributed by atoms with Crippen LogP contribution < -0.4 is 0 Å². The molecule has 1 N–H and O–H groups in total. The summed E-state index contributed by atoms with van der Waals surface area (Å²) in [6.45, 7) is 0.836. The number of carbonyl (C=O) groups excluding carboxylic acids is 1. The molecule has 0 aliphatic carbocycles. The predicted octanol–water partition coefficient (Wildman–Crippen LogP) is 4.00. The second kappa shape index (κ2) is 6.48. The highest BCUT2D eigenvalue weighted by molar-refractivity contribution is 5.94. The number of hydrogen-bond donors (Lipinski definition) is 1. The van der Waals surface area contributed by atoms with E-state index in [0.29, 0.717) is 25.9 Å². The van der Waals surface area contributed by atoms with Gasteiger partial charge in [0.25, 0.3) is 5.91 Å². The van der Waals surface area contributed by atoms with Gasteiger partial charge in [-0.05, 0) is 48.6 Å². The van der Waals surface area contributed by atoms with Crippen molar-refractivity contribution < 1.29 is 18.0 Å². The molecule has 1 aliphatic rings. The third kappa shape index (κ3) is 2.73. The molecule has 0 spiro atoms. The van der Waals surface area contributed by atoms with E-state index in [9.17, 15) is 18.0 Å². The summed E-state index contributed by atoms with van der Waals surface area (Å²) in [5.41, 5.74) is 2.55. The number of aromatic nitrogens is 2. The van der Waals surface area contributed by atoms with Gasteiger partial charge in [-0.15, -0.1) is 0 Å². The van der Waals surface area contributed by atoms with Gasteiger partial charge in [0.15, 0.2) is 17.5 Å². The first-order chi connectivity index (χ1) is 12.6. The smallest absolute Gasteiger partial charge is 0.256 e. The minimum atomic E-state index is -1.62. The molecule has 1 aromatic carbocycles. The highest BCUT2D eigenvalue weighted by Gasteiger charge is 2.28. The maximum absolute atomic E-state index is 13.9. The first-order valence-corrected chi connectivity index (χ1v) is 8.41. The van der Waals surface area contributed by atoms with Crippen LogP contribution in [0.25, 0.3) is 11.0 Å². The standard InChI is InChI=1S/C19H16F3N3O/c20-14-4-3-12(16(21)17(14)22)19(26)25-8-5-11(6-9-25)13-10-24-15-2-1-7-23-18(13)15/h1-4,7,10-11,24H,5-6,8-9H2. The van der Waals surface area contributed by atoms with Crippen LogP contribution in [0.4, 0.5) is 13.2 Å². The van der Waals surface area contributed by atoms with Crippen LogP contribution in [0.15, 0.2) is 36.7 Å². The van der Waals surface area contributed by atoms with Crippen molar-refractivity contribution in [1.29, 1.82) is 0 Å². The summed E-state index contributed by atoms with van der Waals surface area (Å²) in [4.78, 5) is 21.6. The molecule has 2 aromatic heterocycles. The van der Waals surface area contributed by atoms with Crippen LogP contribution >= 0.6 is 0 Å². The third-order valence-electron chi connectivity index (χ3n) is 4.95. The summed E-state index contributed by atoms with van der Waals surface area (Å²) in [6.07, 6.45) is 5.07. The van der Waals surface area contributed by atoms with Crippen molar-refractivity contribution in [2.24, 2.45) is 0 Å². The van der Waals surface area contributed by atoms with Gasteiger partial charge in [-0.1, -0.05) is 0 Å². The minimum absolute atomic E-state index is 0.234. The van der Waals surface area contributed by atoms with E-state index >= 15 is 0 Å². The fourth-order valence-electron chi connectivity index (χ4n) is 3.54. The number of nitrogens with one attached hydrogen (secondary N) is 1. The Hall–Kier alpha value is -2.83. The number of likely N-dealkylation sites (tertiary alicyclic amines) is 1. The fourth-order valence-corrected chi connectivity index (χ4v) is 3.54. The van der Waals surface area contributed by atoms with Crippen LogP contribution in [0.2, 0.25) is 0 Å². The monoisotopic (exact) mass is 359 g/mol. The van der Waals surface area contributed by atoms with Gasteiger partial charge in [-0.3, -0.25) is 9.78 Å². The number of pyridine rings is 1. The number of hydrogen-bond acceptors (Lipinski definition) is 2. The number of aromatic amines is 1. The second-order valence-electron chi connectivity index (χ2n) is 6.43. The summed E-state index contributed by atoms with van der Waals surface area (Å²) < 4.78 is 40.3. The molecule has 0 unspecified atom stereocenters. The van der Waals surface area contributed by atoms with Gasteiger partial charge in [0.1, 0.15) is 0 Å². The van der Waals surface area contributed by atoms with Gasteiger partial charge < -0.3 is 9.88 Å². The van der Waals surface area contributed by atoms with E-state index in [0.717, 1.165) is 28.7 Å². The lowest BCUT2D eigenvalue weighted by molar-refractivity contribution is 0.0707. The summed E-state index contributed by atoms with van der Waals surface area (Å²) in [6, 6.07) is 5.58. The van der Waals surface area contributed by atoms with Crippen molar-refractivity contribution >= 4 is 16.9 Å². The number of nitrogens with zero attached hydrogens (tertiary/aromatic N) is 2. The summed E-state index contributed by atoms with van der Waals surface area (Å²) in [5.74, 6) is -4.73. The molecule has 0 atom stereocenters. The maximum Gasteiger partial charge on any atom is 0.256 e. The van der Waals surface area contributed by atoms with E-state index in [1.54, 1.807) is 6.20 Å². The van der Waals surface area contributed by atoms with Crippen molar-refractivity contribution in [2.45, 2.75) is 18.8 Å². The molecule has 1 fully saturated rings. The number of rotatable bonds is 2. The highest BCUT2D eigenvalue weighted by Crippen LogP contribution is 2.32. The molecular weight excluding hydrogens is 343 g/mol. The average Bonchev–Trinajstić information content (AvgIpc) is 3.10. The summed E-state index contributed by atoms with van der Waals surface area (Å²) in [5, 5.41) is 0. The highest BCUT2D eigenvalue weighted by atomic mass is 19.2. The number of H-pyrrole nitrogens is 1. The van der Waals surface area contributed by atoms with E-state index in [1.807, 2.05) is 18.3 Å². The molecule has 1 saturated heterocycles. The molecule has 0 bridgehead atoms. The van der Waals surface area contributed by atoms with E-state index in [2.05, 4.69) is 9.97 Å².